The van der Waals surface area contributed by atoms with Gasteiger partial charge in [-0.1, -0.05) is 42.5 Å². The van der Waals surface area contributed by atoms with Crippen LogP contribution in [-0.4, -0.2) is 34.4 Å². The van der Waals surface area contributed by atoms with Crippen molar-refractivity contribution in [2.75, 3.05) is 17.6 Å². The third-order valence-electron chi connectivity index (χ3n) is 2.80. The fourth-order valence-corrected chi connectivity index (χ4v) is 3.85. The number of anilines is 1. The Morgan fingerprint density at radius 1 is 1.33 bits per heavy atom. The second-order valence-electron chi connectivity index (χ2n) is 4.75. The van der Waals surface area contributed by atoms with Crippen molar-refractivity contribution in [3.63, 3.8) is 0 Å². The molecule has 0 unspecified atom stereocenters. The van der Waals surface area contributed by atoms with E-state index in [1.54, 1.807) is 11.3 Å². The van der Waals surface area contributed by atoms with Gasteiger partial charge in [0.1, 0.15) is 0 Å². The molecule has 0 aliphatic rings. The fraction of sp³-hybridized carbons (Fsp3) is 0.429. The molecular formula is C14H19N5O2S3. The molecule has 3 N–H and O–H groups in total. The van der Waals surface area contributed by atoms with Gasteiger partial charge in [-0.2, -0.15) is 0 Å². The van der Waals surface area contributed by atoms with E-state index in [1.807, 2.05) is 17.5 Å². The van der Waals surface area contributed by atoms with Gasteiger partial charge in [-0.3, -0.25) is 10.1 Å². The number of nitrogens with zero attached hydrogens (tertiary/aromatic N) is 2. The summed E-state index contributed by atoms with van der Waals surface area (Å²) in [4.78, 5) is 24.4. The van der Waals surface area contributed by atoms with Crippen LogP contribution < -0.4 is 16.0 Å². The van der Waals surface area contributed by atoms with Crippen molar-refractivity contribution >= 4 is 51.5 Å². The normalized spacial score (nSPS) is 10.4. The van der Waals surface area contributed by atoms with Crippen LogP contribution in [0.2, 0.25) is 0 Å². The van der Waals surface area contributed by atoms with E-state index in [0.29, 0.717) is 10.9 Å². The Bertz CT molecular complexity index is 645. The van der Waals surface area contributed by atoms with E-state index in [2.05, 4.69) is 33.1 Å². The van der Waals surface area contributed by atoms with Gasteiger partial charge in [0, 0.05) is 11.4 Å². The average Bonchev–Trinajstić information content (AvgIpc) is 3.23. The van der Waals surface area contributed by atoms with Crippen LogP contribution in [-0.2, 0) is 11.3 Å². The van der Waals surface area contributed by atoms with Crippen molar-refractivity contribution in [3.05, 3.63) is 22.4 Å². The second-order valence-corrected chi connectivity index (χ2v) is 7.98. The van der Waals surface area contributed by atoms with Crippen molar-refractivity contribution in [1.82, 2.24) is 20.8 Å². The van der Waals surface area contributed by atoms with E-state index < -0.39 is 6.03 Å². The quantitative estimate of drug-likeness (QED) is 0.454. The van der Waals surface area contributed by atoms with Crippen molar-refractivity contribution in [3.8, 4) is 0 Å². The van der Waals surface area contributed by atoms with Gasteiger partial charge in [0.2, 0.25) is 11.0 Å². The number of hydrogen-bond donors (Lipinski definition) is 3. The molecule has 0 fully saturated rings. The summed E-state index contributed by atoms with van der Waals surface area (Å²) in [6, 6.07) is 3.34. The maximum absolute atomic E-state index is 11.8. The molecule has 2 aromatic heterocycles. The van der Waals surface area contributed by atoms with E-state index in [1.165, 1.54) is 23.1 Å². The highest BCUT2D eigenvalue weighted by Crippen LogP contribution is 2.25. The SMILES string of the molecule is CCCCNc1nnc(SCC(=O)NC(=O)NCc2cccs2)s1. The summed E-state index contributed by atoms with van der Waals surface area (Å²) in [6.45, 7) is 3.39. The molecule has 0 atom stereocenters. The van der Waals surface area contributed by atoms with Crippen molar-refractivity contribution in [2.24, 2.45) is 0 Å². The number of nitrogens with one attached hydrogen (secondary N) is 3. The lowest BCUT2D eigenvalue weighted by Crippen LogP contribution is -2.39. The first-order chi connectivity index (χ1) is 11.7. The minimum absolute atomic E-state index is 0.121. The summed E-state index contributed by atoms with van der Waals surface area (Å²) in [5, 5.41) is 18.8. The number of aromatic nitrogens is 2. The molecule has 10 heteroatoms. The van der Waals surface area contributed by atoms with Gasteiger partial charge in [-0.05, 0) is 17.9 Å². The van der Waals surface area contributed by atoms with Gasteiger partial charge in [0.05, 0.1) is 12.3 Å². The molecule has 0 saturated carbocycles. The summed E-state index contributed by atoms with van der Waals surface area (Å²) in [7, 11) is 0. The first-order valence-electron chi connectivity index (χ1n) is 7.47. The first kappa shape index (κ1) is 18.7. The summed E-state index contributed by atoms with van der Waals surface area (Å²) < 4.78 is 0.697. The van der Waals surface area contributed by atoms with E-state index in [9.17, 15) is 9.59 Å². The third kappa shape index (κ3) is 6.85. The van der Waals surface area contributed by atoms with Gasteiger partial charge < -0.3 is 10.6 Å². The molecule has 0 aromatic carbocycles. The molecule has 2 rings (SSSR count). The number of hydrogen-bond acceptors (Lipinski definition) is 8. The van der Waals surface area contributed by atoms with Crippen LogP contribution in [0.4, 0.5) is 9.93 Å². The van der Waals surface area contributed by atoms with E-state index in [-0.39, 0.29) is 11.7 Å². The van der Waals surface area contributed by atoms with Gasteiger partial charge in [-0.25, -0.2) is 4.79 Å². The third-order valence-corrected chi connectivity index (χ3v) is 5.69. The molecular weight excluding hydrogens is 366 g/mol. The molecule has 0 radical (unpaired) electrons. The molecule has 2 heterocycles. The Morgan fingerprint density at radius 2 is 2.21 bits per heavy atom. The van der Waals surface area contributed by atoms with Crippen LogP contribution >= 0.6 is 34.4 Å². The molecule has 0 aliphatic carbocycles. The van der Waals surface area contributed by atoms with Crippen LogP contribution in [0.15, 0.2) is 21.9 Å². The summed E-state index contributed by atoms with van der Waals surface area (Å²) in [5.74, 6) is -0.241. The zero-order chi connectivity index (χ0) is 17.2. The van der Waals surface area contributed by atoms with Gasteiger partial charge >= 0.3 is 6.03 Å². The highest BCUT2D eigenvalue weighted by Gasteiger charge is 2.11. The fourth-order valence-electron chi connectivity index (χ4n) is 1.63. The van der Waals surface area contributed by atoms with Crippen LogP contribution in [0.25, 0.3) is 0 Å². The predicted molar refractivity (Wildman–Crippen MR) is 98.7 cm³/mol. The molecule has 24 heavy (non-hydrogen) atoms. The average molecular weight is 386 g/mol. The highest BCUT2D eigenvalue weighted by atomic mass is 32.2. The molecule has 0 spiro atoms. The van der Waals surface area contributed by atoms with E-state index >= 15 is 0 Å². The van der Waals surface area contributed by atoms with E-state index in [4.69, 9.17) is 0 Å². The lowest BCUT2D eigenvalue weighted by atomic mass is 10.3. The molecule has 130 valence electrons. The van der Waals surface area contributed by atoms with E-state index in [0.717, 1.165) is 29.4 Å². The Balaban J connectivity index is 1.64. The van der Waals surface area contributed by atoms with Crippen LogP contribution in [0.5, 0.6) is 0 Å². The predicted octanol–water partition coefficient (Wildman–Crippen LogP) is 2.93. The van der Waals surface area contributed by atoms with Crippen molar-refractivity contribution in [2.45, 2.75) is 30.6 Å². The number of thioether (sulfide) groups is 1. The number of rotatable bonds is 9. The van der Waals surface area contributed by atoms with Crippen LogP contribution in [0.3, 0.4) is 0 Å². The Kier molecular flexibility index (Phi) is 7.99. The van der Waals surface area contributed by atoms with Crippen LogP contribution in [0, 0.1) is 0 Å². The van der Waals surface area contributed by atoms with Crippen molar-refractivity contribution < 1.29 is 9.59 Å². The number of carbonyl (C=O) groups excluding carboxylic acids is 2. The van der Waals surface area contributed by atoms with Crippen LogP contribution in [0.1, 0.15) is 24.6 Å². The van der Waals surface area contributed by atoms with Crippen molar-refractivity contribution in [1.29, 1.82) is 0 Å². The minimum Gasteiger partial charge on any atom is -0.360 e. The monoisotopic (exact) mass is 385 g/mol. The Morgan fingerprint density at radius 3 is 2.96 bits per heavy atom. The summed E-state index contributed by atoms with van der Waals surface area (Å²) >= 11 is 4.21. The zero-order valence-corrected chi connectivity index (χ0v) is 15.7. The maximum Gasteiger partial charge on any atom is 0.321 e. The number of thiophene rings is 1. The molecule has 2 aromatic rings. The van der Waals surface area contributed by atoms with Gasteiger partial charge in [0.15, 0.2) is 4.34 Å². The number of amides is 3. The summed E-state index contributed by atoms with van der Waals surface area (Å²) in [5.41, 5.74) is 0. The standard InChI is InChI=1S/C14H19N5O2S3/c1-2-3-6-15-13-18-19-14(24-13)23-9-11(20)17-12(21)16-8-10-5-4-7-22-10/h4-5,7H,2-3,6,8-9H2,1H3,(H,15,18)(H2,16,17,20,21). The number of imide groups is 1. The lowest BCUT2D eigenvalue weighted by Gasteiger charge is -2.04. The number of unbranched alkanes of at least 4 members (excludes halogenated alkanes) is 1. The molecule has 0 bridgehead atoms. The topological polar surface area (TPSA) is 96.0 Å². The largest absolute Gasteiger partial charge is 0.360 e. The zero-order valence-electron chi connectivity index (χ0n) is 13.2. The second kappa shape index (κ2) is 10.3. The summed E-state index contributed by atoms with van der Waals surface area (Å²) in [6.07, 6.45) is 2.19. The number of carbonyl (C=O) groups is 2. The highest BCUT2D eigenvalue weighted by molar-refractivity contribution is 8.01. The molecule has 0 aliphatic heterocycles. The smallest absolute Gasteiger partial charge is 0.321 e. The lowest BCUT2D eigenvalue weighted by molar-refractivity contribution is -0.117. The van der Waals surface area contributed by atoms with Gasteiger partial charge in [-0.15, -0.1) is 21.5 Å². The molecule has 3 amide bonds. The molecule has 7 nitrogen and oxygen atoms in total. The first-order valence-corrected chi connectivity index (χ1v) is 10.2. The van der Waals surface area contributed by atoms with Gasteiger partial charge in [0.25, 0.3) is 0 Å². The number of urea groups is 1. The minimum atomic E-state index is -0.492. The Hall–Kier alpha value is -1.65. The Labute approximate surface area is 152 Å². The maximum atomic E-state index is 11.8. The molecule has 0 saturated heterocycles.